The lowest BCUT2D eigenvalue weighted by molar-refractivity contribution is 0.646. The molecule has 3 rings (SSSR count). The number of benzene rings is 2. The number of halogens is 1. The lowest BCUT2D eigenvalue weighted by atomic mass is 10.0. The Labute approximate surface area is 128 Å². The average molecular weight is 301 g/mol. The number of rotatable bonds is 4. The number of hydrogen-bond acceptors (Lipinski definition) is 3. The van der Waals surface area contributed by atoms with Gasteiger partial charge in [-0.1, -0.05) is 41.9 Å². The highest BCUT2D eigenvalue weighted by molar-refractivity contribution is 6.31. The van der Waals surface area contributed by atoms with Gasteiger partial charge < -0.3 is 5.73 Å². The van der Waals surface area contributed by atoms with Gasteiger partial charge in [0.05, 0.1) is 11.2 Å². The van der Waals surface area contributed by atoms with E-state index in [1.165, 1.54) is 0 Å². The Balaban J connectivity index is 1.98. The zero-order valence-electron chi connectivity index (χ0n) is 11.8. The molecule has 1 unspecified atom stereocenters. The predicted molar refractivity (Wildman–Crippen MR) is 85.8 cm³/mol. The van der Waals surface area contributed by atoms with Gasteiger partial charge in [0.1, 0.15) is 5.52 Å². The van der Waals surface area contributed by atoms with Gasteiger partial charge in [0.25, 0.3) is 0 Å². The second kappa shape index (κ2) is 5.84. The van der Waals surface area contributed by atoms with Crippen molar-refractivity contribution < 1.29 is 0 Å². The van der Waals surface area contributed by atoms with E-state index in [0.717, 1.165) is 40.1 Å². The molecule has 108 valence electrons. The molecule has 0 aliphatic heterocycles. The van der Waals surface area contributed by atoms with Crippen LogP contribution in [-0.2, 0) is 6.42 Å². The fraction of sp³-hybridized carbons (Fsp3) is 0.250. The normalized spacial score (nSPS) is 12.7. The molecule has 0 bridgehead atoms. The van der Waals surface area contributed by atoms with Crippen molar-refractivity contribution in [2.45, 2.75) is 25.8 Å². The van der Waals surface area contributed by atoms with Crippen LogP contribution in [0.25, 0.3) is 16.7 Å². The molecule has 0 aliphatic rings. The molecule has 1 atom stereocenters. The van der Waals surface area contributed by atoms with Crippen molar-refractivity contribution >= 4 is 22.6 Å². The summed E-state index contributed by atoms with van der Waals surface area (Å²) in [5, 5.41) is 9.07. The molecule has 1 aromatic heterocycles. The molecule has 0 saturated carbocycles. The van der Waals surface area contributed by atoms with Gasteiger partial charge in [-0.2, -0.15) is 0 Å². The monoisotopic (exact) mass is 300 g/mol. The number of nitrogens with two attached hydrogens (primary N) is 1. The van der Waals surface area contributed by atoms with Gasteiger partial charge in [-0.25, -0.2) is 4.68 Å². The molecule has 1 heterocycles. The van der Waals surface area contributed by atoms with Crippen LogP contribution in [0.2, 0.25) is 5.02 Å². The van der Waals surface area contributed by atoms with Crippen molar-refractivity contribution in [3.8, 4) is 5.69 Å². The summed E-state index contributed by atoms with van der Waals surface area (Å²) >= 11 is 6.38. The molecule has 0 aliphatic carbocycles. The van der Waals surface area contributed by atoms with Crippen molar-refractivity contribution in [3.05, 3.63) is 53.1 Å². The van der Waals surface area contributed by atoms with Crippen LogP contribution in [0.5, 0.6) is 0 Å². The Hall–Kier alpha value is -1.91. The SMILES string of the molecule is CCC(N)Cc1ccc(-n2nnc3ccccc32)cc1Cl. The number of aromatic nitrogens is 3. The second-order valence-corrected chi connectivity index (χ2v) is 5.55. The molecule has 0 amide bonds. The third kappa shape index (κ3) is 2.77. The molecular formula is C16H17ClN4. The van der Waals surface area contributed by atoms with E-state index in [0.29, 0.717) is 0 Å². The van der Waals surface area contributed by atoms with Crippen molar-refractivity contribution in [1.82, 2.24) is 15.0 Å². The van der Waals surface area contributed by atoms with Crippen molar-refractivity contribution in [3.63, 3.8) is 0 Å². The standard InChI is InChI=1S/C16H17ClN4/c1-2-12(18)9-11-7-8-13(10-14(11)17)21-16-6-4-3-5-15(16)19-20-21/h3-8,10,12H,2,9,18H2,1H3. The van der Waals surface area contributed by atoms with Crippen LogP contribution >= 0.6 is 11.6 Å². The molecule has 5 heteroatoms. The highest BCUT2D eigenvalue weighted by atomic mass is 35.5. The number of nitrogens with zero attached hydrogens (tertiary/aromatic N) is 3. The molecule has 0 spiro atoms. The summed E-state index contributed by atoms with van der Waals surface area (Å²) < 4.78 is 1.80. The molecule has 2 N–H and O–H groups in total. The summed E-state index contributed by atoms with van der Waals surface area (Å²) in [6.45, 7) is 2.08. The minimum Gasteiger partial charge on any atom is -0.327 e. The van der Waals surface area contributed by atoms with E-state index >= 15 is 0 Å². The number of para-hydroxylation sites is 1. The van der Waals surface area contributed by atoms with E-state index in [1.807, 2.05) is 42.5 Å². The lowest BCUT2D eigenvalue weighted by Crippen LogP contribution is -2.21. The minimum atomic E-state index is 0.139. The first-order valence-electron chi connectivity index (χ1n) is 7.04. The average Bonchev–Trinajstić information content (AvgIpc) is 2.93. The maximum atomic E-state index is 6.38. The molecule has 4 nitrogen and oxygen atoms in total. The van der Waals surface area contributed by atoms with E-state index in [9.17, 15) is 0 Å². The molecule has 0 fully saturated rings. The highest BCUT2D eigenvalue weighted by Crippen LogP contribution is 2.23. The molecule has 3 aromatic rings. The summed E-state index contributed by atoms with van der Waals surface area (Å²) in [7, 11) is 0. The maximum absolute atomic E-state index is 6.38. The molecule has 0 radical (unpaired) electrons. The van der Waals surface area contributed by atoms with Crippen molar-refractivity contribution in [2.24, 2.45) is 5.73 Å². The summed E-state index contributed by atoms with van der Waals surface area (Å²) in [6.07, 6.45) is 1.72. The van der Waals surface area contributed by atoms with E-state index in [1.54, 1.807) is 4.68 Å². The van der Waals surface area contributed by atoms with Crippen LogP contribution in [0, 0.1) is 0 Å². The smallest absolute Gasteiger partial charge is 0.113 e. The topological polar surface area (TPSA) is 56.7 Å². The summed E-state index contributed by atoms with van der Waals surface area (Å²) in [6, 6.07) is 13.9. The molecule has 0 saturated heterocycles. The highest BCUT2D eigenvalue weighted by Gasteiger charge is 2.10. The van der Waals surface area contributed by atoms with Crippen LogP contribution in [0.4, 0.5) is 0 Å². The minimum absolute atomic E-state index is 0.139. The fourth-order valence-electron chi connectivity index (χ4n) is 2.32. The van der Waals surface area contributed by atoms with E-state index < -0.39 is 0 Å². The Morgan fingerprint density at radius 1 is 1.24 bits per heavy atom. The zero-order valence-corrected chi connectivity index (χ0v) is 12.6. The third-order valence-electron chi connectivity index (χ3n) is 3.64. The van der Waals surface area contributed by atoms with Crippen LogP contribution in [0.15, 0.2) is 42.5 Å². The van der Waals surface area contributed by atoms with Crippen LogP contribution in [-0.4, -0.2) is 21.0 Å². The van der Waals surface area contributed by atoms with Gasteiger partial charge in [0, 0.05) is 11.1 Å². The van der Waals surface area contributed by atoms with Crippen molar-refractivity contribution in [1.29, 1.82) is 0 Å². The molecule has 21 heavy (non-hydrogen) atoms. The van der Waals surface area contributed by atoms with Crippen LogP contribution < -0.4 is 5.73 Å². The van der Waals surface area contributed by atoms with E-state index in [-0.39, 0.29) is 6.04 Å². The Morgan fingerprint density at radius 2 is 2.05 bits per heavy atom. The summed E-state index contributed by atoms with van der Waals surface area (Å²) in [5.74, 6) is 0. The van der Waals surface area contributed by atoms with Gasteiger partial charge in [0.2, 0.25) is 0 Å². The largest absolute Gasteiger partial charge is 0.327 e. The van der Waals surface area contributed by atoms with E-state index in [4.69, 9.17) is 17.3 Å². The first-order chi connectivity index (χ1) is 10.2. The number of fused-ring (bicyclic) bond motifs is 1. The Kier molecular flexibility index (Phi) is 3.90. The molecular weight excluding hydrogens is 284 g/mol. The first kappa shape index (κ1) is 14.0. The predicted octanol–water partition coefficient (Wildman–Crippen LogP) is 3.35. The Morgan fingerprint density at radius 3 is 2.81 bits per heavy atom. The third-order valence-corrected chi connectivity index (χ3v) is 3.99. The maximum Gasteiger partial charge on any atom is 0.113 e. The zero-order chi connectivity index (χ0) is 14.8. The number of hydrogen-bond donors (Lipinski definition) is 1. The first-order valence-corrected chi connectivity index (χ1v) is 7.41. The quantitative estimate of drug-likeness (QED) is 0.804. The summed E-state index contributed by atoms with van der Waals surface area (Å²) in [5.41, 5.74) is 9.80. The van der Waals surface area contributed by atoms with E-state index in [2.05, 4.69) is 17.2 Å². The van der Waals surface area contributed by atoms with Gasteiger partial charge in [-0.15, -0.1) is 5.10 Å². The van der Waals surface area contributed by atoms with Crippen LogP contribution in [0.1, 0.15) is 18.9 Å². The fourth-order valence-corrected chi connectivity index (χ4v) is 2.57. The van der Waals surface area contributed by atoms with Gasteiger partial charge in [0.15, 0.2) is 0 Å². The van der Waals surface area contributed by atoms with Gasteiger partial charge in [-0.05, 0) is 42.7 Å². The van der Waals surface area contributed by atoms with Crippen molar-refractivity contribution in [2.75, 3.05) is 0 Å². The van der Waals surface area contributed by atoms with Gasteiger partial charge in [-0.3, -0.25) is 0 Å². The van der Waals surface area contributed by atoms with Crippen LogP contribution in [0.3, 0.4) is 0 Å². The summed E-state index contributed by atoms with van der Waals surface area (Å²) in [4.78, 5) is 0. The second-order valence-electron chi connectivity index (χ2n) is 5.14. The van der Waals surface area contributed by atoms with Gasteiger partial charge >= 0.3 is 0 Å². The Bertz CT molecular complexity index is 766. The molecule has 2 aromatic carbocycles. The lowest BCUT2D eigenvalue weighted by Gasteiger charge is -2.11.